The van der Waals surface area contributed by atoms with E-state index in [4.69, 9.17) is 9.84 Å². The first kappa shape index (κ1) is 13.3. The molecule has 0 aliphatic rings. The molecule has 1 aromatic rings. The van der Waals surface area contributed by atoms with Crippen LogP contribution in [0.3, 0.4) is 0 Å². The first-order chi connectivity index (χ1) is 7.36. The Labute approximate surface area is 109 Å². The third-order valence-corrected chi connectivity index (χ3v) is 3.15. The van der Waals surface area contributed by atoms with Crippen LogP contribution < -0.4 is 4.74 Å². The third-order valence-electron chi connectivity index (χ3n) is 2.48. The van der Waals surface area contributed by atoms with E-state index in [1.54, 1.807) is 7.11 Å². The van der Waals surface area contributed by atoms with Crippen molar-refractivity contribution in [2.45, 2.75) is 25.7 Å². The summed E-state index contributed by atoms with van der Waals surface area (Å²) in [6.45, 7) is 3.82. The zero-order chi connectivity index (χ0) is 12.3. The molecule has 1 rings (SSSR count). The number of aliphatic carboxylic acids is 1. The molecule has 16 heavy (non-hydrogen) atoms. The zero-order valence-corrected chi connectivity index (χ0v) is 11.7. The number of halogens is 1. The van der Waals surface area contributed by atoms with Crippen LogP contribution in [-0.2, 0) is 10.2 Å². The summed E-state index contributed by atoms with van der Waals surface area (Å²) in [7, 11) is 1.60. The van der Waals surface area contributed by atoms with E-state index in [-0.39, 0.29) is 6.42 Å². The van der Waals surface area contributed by atoms with Crippen molar-refractivity contribution in [3.05, 3.63) is 27.3 Å². The molecule has 0 amide bonds. The third kappa shape index (κ3) is 3.10. The zero-order valence-electron chi connectivity index (χ0n) is 9.58. The van der Waals surface area contributed by atoms with E-state index in [0.29, 0.717) is 0 Å². The quantitative estimate of drug-likeness (QED) is 0.861. The minimum absolute atomic E-state index is 0.0868. The van der Waals surface area contributed by atoms with Gasteiger partial charge in [-0.1, -0.05) is 13.8 Å². The van der Waals surface area contributed by atoms with Gasteiger partial charge in [-0.25, -0.2) is 0 Å². The maximum Gasteiger partial charge on any atom is 0.304 e. The van der Waals surface area contributed by atoms with E-state index in [2.05, 4.69) is 22.6 Å². The Morgan fingerprint density at radius 1 is 1.50 bits per heavy atom. The molecule has 88 valence electrons. The minimum Gasteiger partial charge on any atom is -0.496 e. The highest BCUT2D eigenvalue weighted by Crippen LogP contribution is 2.35. The van der Waals surface area contributed by atoms with Gasteiger partial charge in [0.2, 0.25) is 0 Å². The van der Waals surface area contributed by atoms with Crippen LogP contribution in [0.4, 0.5) is 0 Å². The van der Waals surface area contributed by atoms with Crippen LogP contribution in [0, 0.1) is 3.57 Å². The number of carboxylic acids is 1. The second-order valence-corrected chi connectivity index (χ2v) is 5.54. The Bertz CT molecular complexity index is 399. The highest BCUT2D eigenvalue weighted by atomic mass is 127. The number of carboxylic acid groups (broad SMARTS) is 1. The van der Waals surface area contributed by atoms with Crippen LogP contribution in [0.15, 0.2) is 18.2 Å². The molecule has 3 nitrogen and oxygen atoms in total. The monoisotopic (exact) mass is 334 g/mol. The molecule has 0 unspecified atom stereocenters. The average molecular weight is 334 g/mol. The van der Waals surface area contributed by atoms with Crippen LogP contribution in [-0.4, -0.2) is 18.2 Å². The number of ether oxygens (including phenoxy) is 1. The predicted molar refractivity (Wildman–Crippen MR) is 71.0 cm³/mol. The number of rotatable bonds is 4. The van der Waals surface area contributed by atoms with Crippen molar-refractivity contribution in [2.24, 2.45) is 0 Å². The molecule has 0 bridgehead atoms. The van der Waals surface area contributed by atoms with Gasteiger partial charge >= 0.3 is 5.97 Å². The van der Waals surface area contributed by atoms with E-state index in [1.807, 2.05) is 32.0 Å². The van der Waals surface area contributed by atoms with Crippen molar-refractivity contribution in [3.8, 4) is 5.75 Å². The average Bonchev–Trinajstić information content (AvgIpc) is 2.15. The van der Waals surface area contributed by atoms with Gasteiger partial charge in [-0.3, -0.25) is 4.79 Å². The van der Waals surface area contributed by atoms with Gasteiger partial charge in [-0.2, -0.15) is 0 Å². The predicted octanol–water partition coefficient (Wildman–Crippen LogP) is 3.05. The van der Waals surface area contributed by atoms with Gasteiger partial charge in [-0.05, 0) is 40.8 Å². The Kier molecular flexibility index (Phi) is 4.18. The number of carbonyl (C=O) groups is 1. The van der Waals surface area contributed by atoms with Crippen LogP contribution in [0.5, 0.6) is 5.75 Å². The standard InChI is InChI=1S/C12H15IO3/c1-12(2,7-11(14)15)9-6-8(13)4-5-10(9)16-3/h4-6H,7H2,1-3H3,(H,14,15). The molecule has 0 aliphatic carbocycles. The normalized spacial score (nSPS) is 11.2. The second-order valence-electron chi connectivity index (χ2n) is 4.30. The van der Waals surface area contributed by atoms with Crippen molar-refractivity contribution in [3.63, 3.8) is 0 Å². The van der Waals surface area contributed by atoms with E-state index in [1.165, 1.54) is 0 Å². The van der Waals surface area contributed by atoms with Gasteiger partial charge in [0.1, 0.15) is 5.75 Å². The molecule has 0 atom stereocenters. The van der Waals surface area contributed by atoms with Gasteiger partial charge < -0.3 is 9.84 Å². The van der Waals surface area contributed by atoms with Crippen LogP contribution in [0.2, 0.25) is 0 Å². The van der Waals surface area contributed by atoms with Gasteiger partial charge in [0.15, 0.2) is 0 Å². The molecule has 0 saturated carbocycles. The first-order valence-electron chi connectivity index (χ1n) is 4.92. The van der Waals surface area contributed by atoms with E-state index in [0.717, 1.165) is 14.9 Å². The number of methoxy groups -OCH3 is 1. The summed E-state index contributed by atoms with van der Waals surface area (Å²) in [5.74, 6) is -0.0578. The van der Waals surface area contributed by atoms with E-state index >= 15 is 0 Å². The maximum atomic E-state index is 10.8. The van der Waals surface area contributed by atoms with E-state index in [9.17, 15) is 4.79 Å². The number of hydrogen-bond acceptors (Lipinski definition) is 2. The smallest absolute Gasteiger partial charge is 0.304 e. The molecule has 0 aromatic heterocycles. The molecule has 0 aliphatic heterocycles. The fourth-order valence-electron chi connectivity index (χ4n) is 1.68. The molecule has 0 spiro atoms. The summed E-state index contributed by atoms with van der Waals surface area (Å²) in [5.41, 5.74) is 0.502. The summed E-state index contributed by atoms with van der Waals surface area (Å²) in [4.78, 5) is 10.8. The number of benzene rings is 1. The molecule has 0 fully saturated rings. The molecule has 4 heteroatoms. The minimum atomic E-state index is -0.800. The van der Waals surface area contributed by atoms with Crippen LogP contribution in [0.1, 0.15) is 25.8 Å². The molecular formula is C12H15IO3. The lowest BCUT2D eigenvalue weighted by Gasteiger charge is -2.25. The topological polar surface area (TPSA) is 46.5 Å². The lowest BCUT2D eigenvalue weighted by Crippen LogP contribution is -2.22. The first-order valence-corrected chi connectivity index (χ1v) is 6.00. The van der Waals surface area contributed by atoms with Crippen LogP contribution >= 0.6 is 22.6 Å². The largest absolute Gasteiger partial charge is 0.496 e. The lowest BCUT2D eigenvalue weighted by molar-refractivity contribution is -0.138. The lowest BCUT2D eigenvalue weighted by atomic mass is 9.81. The van der Waals surface area contributed by atoms with Gasteiger partial charge in [0.25, 0.3) is 0 Å². The summed E-state index contributed by atoms with van der Waals surface area (Å²) < 4.78 is 6.35. The van der Waals surface area contributed by atoms with Gasteiger partial charge in [0, 0.05) is 14.5 Å². The van der Waals surface area contributed by atoms with Crippen LogP contribution in [0.25, 0.3) is 0 Å². The summed E-state index contributed by atoms with van der Waals surface area (Å²) in [5, 5.41) is 8.90. The fourth-order valence-corrected chi connectivity index (χ4v) is 2.17. The highest BCUT2D eigenvalue weighted by molar-refractivity contribution is 14.1. The Hall–Kier alpha value is -0.780. The second kappa shape index (κ2) is 5.03. The van der Waals surface area contributed by atoms with Crippen molar-refractivity contribution < 1.29 is 14.6 Å². The summed E-state index contributed by atoms with van der Waals surface area (Å²) in [6.07, 6.45) is 0.0868. The van der Waals surface area contributed by atoms with Crippen molar-refractivity contribution in [2.75, 3.05) is 7.11 Å². The molecule has 1 aromatic carbocycles. The molecular weight excluding hydrogens is 319 g/mol. The molecule has 0 radical (unpaired) electrons. The van der Waals surface area contributed by atoms with E-state index < -0.39 is 11.4 Å². The Morgan fingerprint density at radius 3 is 2.62 bits per heavy atom. The molecule has 1 N–H and O–H groups in total. The fraction of sp³-hybridized carbons (Fsp3) is 0.417. The maximum absolute atomic E-state index is 10.8. The Balaban J connectivity index is 3.18. The van der Waals surface area contributed by atoms with Crippen molar-refractivity contribution in [1.29, 1.82) is 0 Å². The van der Waals surface area contributed by atoms with Gasteiger partial charge in [0.05, 0.1) is 13.5 Å². The summed E-state index contributed by atoms with van der Waals surface area (Å²) >= 11 is 2.21. The number of hydrogen-bond donors (Lipinski definition) is 1. The van der Waals surface area contributed by atoms with Crippen molar-refractivity contribution >= 4 is 28.6 Å². The molecule has 0 heterocycles. The summed E-state index contributed by atoms with van der Waals surface area (Å²) in [6, 6.07) is 5.79. The SMILES string of the molecule is COc1ccc(I)cc1C(C)(C)CC(=O)O. The highest BCUT2D eigenvalue weighted by Gasteiger charge is 2.27. The van der Waals surface area contributed by atoms with Crippen molar-refractivity contribution in [1.82, 2.24) is 0 Å². The Morgan fingerprint density at radius 2 is 2.12 bits per heavy atom. The molecule has 0 saturated heterocycles. The van der Waals surface area contributed by atoms with Gasteiger partial charge in [-0.15, -0.1) is 0 Å².